The topological polar surface area (TPSA) is 38.2 Å². The highest BCUT2D eigenvalue weighted by Gasteiger charge is 2.14. The van der Waals surface area contributed by atoms with Crippen LogP contribution in [0.15, 0.2) is 30.6 Å². The Balaban J connectivity index is 1.94. The lowest BCUT2D eigenvalue weighted by Crippen LogP contribution is -2.36. The highest BCUT2D eigenvalue weighted by Crippen LogP contribution is 2.30. The van der Waals surface area contributed by atoms with Gasteiger partial charge >= 0.3 is 0 Å². The Bertz CT molecular complexity index is 615. The van der Waals surface area contributed by atoms with Gasteiger partial charge in [0.25, 0.3) is 0 Å². The molecule has 2 heterocycles. The van der Waals surface area contributed by atoms with E-state index in [1.165, 1.54) is 0 Å². The Hall–Kier alpha value is -1.36. The van der Waals surface area contributed by atoms with Crippen molar-refractivity contribution in [3.63, 3.8) is 0 Å². The van der Waals surface area contributed by atoms with Crippen LogP contribution in [0.4, 0.5) is 5.82 Å². The van der Waals surface area contributed by atoms with Gasteiger partial charge in [-0.25, -0.2) is 9.97 Å². The summed E-state index contributed by atoms with van der Waals surface area (Å²) in [6, 6.07) is 7.34. The normalized spacial score (nSPS) is 15.4. The van der Waals surface area contributed by atoms with Gasteiger partial charge in [0.15, 0.2) is 0 Å². The third-order valence-corrected chi connectivity index (χ3v) is 3.74. The van der Waals surface area contributed by atoms with Gasteiger partial charge in [-0.05, 0) is 18.2 Å². The molecule has 0 N–H and O–H groups in total. The van der Waals surface area contributed by atoms with Gasteiger partial charge < -0.3 is 9.64 Å². The maximum atomic E-state index is 6.22. The number of halogens is 2. The average molecular weight is 310 g/mol. The first-order valence-corrected chi connectivity index (χ1v) is 7.10. The van der Waals surface area contributed by atoms with Crippen LogP contribution in [0.5, 0.6) is 0 Å². The predicted octanol–water partition coefficient (Wildman–Crippen LogP) is 3.29. The molecule has 6 heteroatoms. The first-order valence-electron chi connectivity index (χ1n) is 6.34. The van der Waals surface area contributed by atoms with Crippen LogP contribution in [0.25, 0.3) is 11.3 Å². The molecule has 1 aliphatic rings. The largest absolute Gasteiger partial charge is 0.378 e. The van der Waals surface area contributed by atoms with E-state index in [1.54, 1.807) is 18.5 Å². The van der Waals surface area contributed by atoms with Crippen LogP contribution in [0, 0.1) is 0 Å². The molecular formula is C14H13Cl2N3O. The molecule has 2 aromatic rings. The number of hydrogen-bond donors (Lipinski definition) is 0. The summed E-state index contributed by atoms with van der Waals surface area (Å²) >= 11 is 12.1. The summed E-state index contributed by atoms with van der Waals surface area (Å²) in [6.45, 7) is 3.12. The summed E-state index contributed by atoms with van der Waals surface area (Å²) in [5, 5.41) is 1.20. The van der Waals surface area contributed by atoms with Crippen LogP contribution in [-0.4, -0.2) is 36.3 Å². The number of anilines is 1. The van der Waals surface area contributed by atoms with Crippen molar-refractivity contribution in [3.05, 3.63) is 40.6 Å². The second kappa shape index (κ2) is 5.95. The molecule has 20 heavy (non-hydrogen) atoms. The van der Waals surface area contributed by atoms with Crippen molar-refractivity contribution >= 4 is 29.0 Å². The number of ether oxygens (including phenoxy) is 1. The summed E-state index contributed by atoms with van der Waals surface area (Å²) in [6.07, 6.45) is 1.56. The van der Waals surface area contributed by atoms with Crippen LogP contribution in [-0.2, 0) is 4.74 Å². The molecule has 0 unspecified atom stereocenters. The van der Waals surface area contributed by atoms with E-state index in [2.05, 4.69) is 14.9 Å². The van der Waals surface area contributed by atoms with E-state index in [4.69, 9.17) is 27.9 Å². The minimum atomic E-state index is 0.587. The molecule has 0 amide bonds. The van der Waals surface area contributed by atoms with Gasteiger partial charge in [0.05, 0.1) is 23.9 Å². The molecule has 0 aliphatic carbocycles. The monoisotopic (exact) mass is 309 g/mol. The van der Waals surface area contributed by atoms with E-state index in [0.29, 0.717) is 10.0 Å². The summed E-state index contributed by atoms with van der Waals surface area (Å²) in [5.41, 5.74) is 1.65. The lowest BCUT2D eigenvalue weighted by molar-refractivity contribution is 0.122. The molecule has 0 saturated carbocycles. The third kappa shape index (κ3) is 2.87. The quantitative estimate of drug-likeness (QED) is 0.853. The van der Waals surface area contributed by atoms with Crippen molar-refractivity contribution in [2.24, 2.45) is 0 Å². The molecule has 4 nitrogen and oxygen atoms in total. The van der Waals surface area contributed by atoms with Crippen molar-refractivity contribution in [3.8, 4) is 11.3 Å². The van der Waals surface area contributed by atoms with Gasteiger partial charge in [-0.3, -0.25) is 0 Å². The fourth-order valence-electron chi connectivity index (χ4n) is 2.16. The zero-order chi connectivity index (χ0) is 13.9. The van der Waals surface area contributed by atoms with Crippen molar-refractivity contribution < 1.29 is 4.74 Å². The molecule has 1 aromatic carbocycles. The van der Waals surface area contributed by atoms with E-state index in [9.17, 15) is 0 Å². The third-order valence-electron chi connectivity index (χ3n) is 3.19. The number of rotatable bonds is 2. The van der Waals surface area contributed by atoms with Gasteiger partial charge in [0.2, 0.25) is 0 Å². The Labute approximate surface area is 127 Å². The molecule has 0 atom stereocenters. The van der Waals surface area contributed by atoms with Crippen molar-refractivity contribution in [1.29, 1.82) is 0 Å². The minimum absolute atomic E-state index is 0.587. The fourth-order valence-corrected chi connectivity index (χ4v) is 2.66. The molecule has 1 aliphatic heterocycles. The lowest BCUT2D eigenvalue weighted by atomic mass is 10.1. The Morgan fingerprint density at radius 2 is 1.85 bits per heavy atom. The Morgan fingerprint density at radius 3 is 2.60 bits per heavy atom. The van der Waals surface area contributed by atoms with Crippen molar-refractivity contribution in [2.75, 3.05) is 31.2 Å². The molecule has 0 bridgehead atoms. The van der Waals surface area contributed by atoms with E-state index >= 15 is 0 Å². The fraction of sp³-hybridized carbons (Fsp3) is 0.286. The first kappa shape index (κ1) is 13.6. The second-order valence-corrected chi connectivity index (χ2v) is 5.33. The average Bonchev–Trinajstić information content (AvgIpc) is 2.48. The van der Waals surface area contributed by atoms with Gasteiger partial charge in [-0.2, -0.15) is 0 Å². The molecule has 1 aromatic heterocycles. The first-order chi connectivity index (χ1) is 9.74. The number of morpholine rings is 1. The summed E-state index contributed by atoms with van der Waals surface area (Å²) in [7, 11) is 0. The maximum Gasteiger partial charge on any atom is 0.132 e. The lowest BCUT2D eigenvalue weighted by Gasteiger charge is -2.27. The van der Waals surface area contributed by atoms with Gasteiger partial charge in [-0.15, -0.1) is 0 Å². The summed E-state index contributed by atoms with van der Waals surface area (Å²) in [5.74, 6) is 0.893. The highest BCUT2D eigenvalue weighted by atomic mass is 35.5. The minimum Gasteiger partial charge on any atom is -0.378 e. The Kier molecular flexibility index (Phi) is 4.05. The molecular weight excluding hydrogens is 297 g/mol. The number of benzene rings is 1. The zero-order valence-electron chi connectivity index (χ0n) is 10.7. The van der Waals surface area contributed by atoms with E-state index in [0.717, 1.165) is 43.4 Å². The molecule has 1 fully saturated rings. The molecule has 3 rings (SSSR count). The van der Waals surface area contributed by atoms with E-state index in [-0.39, 0.29) is 0 Å². The molecule has 0 radical (unpaired) electrons. The van der Waals surface area contributed by atoms with Crippen LogP contribution < -0.4 is 4.90 Å². The van der Waals surface area contributed by atoms with Crippen molar-refractivity contribution in [2.45, 2.75) is 0 Å². The Morgan fingerprint density at radius 1 is 1.05 bits per heavy atom. The zero-order valence-corrected chi connectivity index (χ0v) is 12.2. The molecule has 104 valence electrons. The summed E-state index contributed by atoms with van der Waals surface area (Å²) in [4.78, 5) is 10.8. The van der Waals surface area contributed by atoms with Crippen LogP contribution in [0.2, 0.25) is 10.0 Å². The van der Waals surface area contributed by atoms with E-state index in [1.807, 2.05) is 12.1 Å². The van der Waals surface area contributed by atoms with Crippen molar-refractivity contribution in [1.82, 2.24) is 9.97 Å². The standard InChI is InChI=1S/C14H13Cl2N3O/c15-10-1-2-11(12(16)7-10)13-8-14(18-9-17-13)19-3-5-20-6-4-19/h1-2,7-9H,3-6H2. The van der Waals surface area contributed by atoms with E-state index < -0.39 is 0 Å². The molecule has 1 saturated heterocycles. The van der Waals surface area contributed by atoms with Crippen LogP contribution >= 0.6 is 23.2 Å². The van der Waals surface area contributed by atoms with Gasteiger partial charge in [-0.1, -0.05) is 23.2 Å². The number of aromatic nitrogens is 2. The predicted molar refractivity (Wildman–Crippen MR) is 80.5 cm³/mol. The van der Waals surface area contributed by atoms with Crippen LogP contribution in [0.3, 0.4) is 0 Å². The smallest absolute Gasteiger partial charge is 0.132 e. The second-order valence-electron chi connectivity index (χ2n) is 4.49. The van der Waals surface area contributed by atoms with Crippen LogP contribution in [0.1, 0.15) is 0 Å². The van der Waals surface area contributed by atoms with Gasteiger partial charge in [0.1, 0.15) is 12.1 Å². The number of hydrogen-bond acceptors (Lipinski definition) is 4. The molecule has 0 spiro atoms. The maximum absolute atomic E-state index is 6.22. The summed E-state index contributed by atoms with van der Waals surface area (Å²) < 4.78 is 5.35. The SMILES string of the molecule is Clc1ccc(-c2cc(N3CCOCC3)ncn2)c(Cl)c1. The van der Waals surface area contributed by atoms with Gasteiger partial charge in [0, 0.05) is 29.7 Å². The number of nitrogens with zero attached hydrogens (tertiary/aromatic N) is 3. The highest BCUT2D eigenvalue weighted by molar-refractivity contribution is 6.36.